The van der Waals surface area contributed by atoms with E-state index in [-0.39, 0.29) is 5.54 Å². The highest BCUT2D eigenvalue weighted by atomic mass is 15.2. The van der Waals surface area contributed by atoms with Gasteiger partial charge < -0.3 is 0 Å². The van der Waals surface area contributed by atoms with Gasteiger partial charge in [-0.2, -0.15) is 5.26 Å². The average molecular weight is 249 g/mol. The van der Waals surface area contributed by atoms with Gasteiger partial charge in [-0.05, 0) is 65.5 Å². The Morgan fingerprint density at radius 2 is 2.11 bits per heavy atom. The highest BCUT2D eigenvalue weighted by molar-refractivity contribution is 5.12. The summed E-state index contributed by atoms with van der Waals surface area (Å²) < 4.78 is 0. The third-order valence-corrected chi connectivity index (χ3v) is 4.86. The molecule has 2 atom stereocenters. The summed E-state index contributed by atoms with van der Waals surface area (Å²) in [5.74, 6) is 0. The zero-order valence-electron chi connectivity index (χ0n) is 12.1. The minimum absolute atomic E-state index is 0.268. The summed E-state index contributed by atoms with van der Waals surface area (Å²) in [6, 6.07) is 3.15. The van der Waals surface area contributed by atoms with Gasteiger partial charge in [-0.15, -0.1) is 0 Å². The molecule has 3 nitrogen and oxygen atoms in total. The van der Waals surface area contributed by atoms with Crippen molar-refractivity contribution in [3.05, 3.63) is 0 Å². The molecular weight excluding hydrogens is 222 g/mol. The Morgan fingerprint density at radius 1 is 1.33 bits per heavy atom. The third kappa shape index (κ3) is 2.55. The molecule has 1 aliphatic heterocycles. The molecular formula is C15H27N3. The molecule has 0 amide bonds. The molecule has 2 unspecified atom stereocenters. The van der Waals surface area contributed by atoms with Crippen LogP contribution >= 0.6 is 0 Å². The second-order valence-electron chi connectivity index (χ2n) is 6.58. The largest absolute Gasteiger partial charge is 0.300 e. The summed E-state index contributed by atoms with van der Waals surface area (Å²) in [5.41, 5.74) is 0.0613. The van der Waals surface area contributed by atoms with Gasteiger partial charge in [-0.3, -0.25) is 10.2 Å². The molecule has 0 aromatic rings. The lowest BCUT2D eigenvalue weighted by Crippen LogP contribution is -2.55. The van der Waals surface area contributed by atoms with Crippen LogP contribution in [-0.2, 0) is 0 Å². The van der Waals surface area contributed by atoms with Crippen LogP contribution in [-0.4, -0.2) is 35.1 Å². The molecule has 0 aromatic carbocycles. The van der Waals surface area contributed by atoms with Crippen molar-refractivity contribution in [3.8, 4) is 6.07 Å². The minimum atomic E-state index is -0.268. The van der Waals surface area contributed by atoms with E-state index in [9.17, 15) is 5.26 Å². The van der Waals surface area contributed by atoms with Gasteiger partial charge >= 0.3 is 0 Å². The Labute approximate surface area is 112 Å². The van der Waals surface area contributed by atoms with E-state index in [0.717, 1.165) is 19.4 Å². The first kappa shape index (κ1) is 13.8. The van der Waals surface area contributed by atoms with Gasteiger partial charge in [0.15, 0.2) is 0 Å². The molecule has 2 aliphatic rings. The van der Waals surface area contributed by atoms with E-state index in [4.69, 9.17) is 0 Å². The molecule has 18 heavy (non-hydrogen) atoms. The predicted octanol–water partition coefficient (Wildman–Crippen LogP) is 2.68. The second kappa shape index (κ2) is 5.19. The summed E-state index contributed by atoms with van der Waals surface area (Å²) in [4.78, 5) is 2.66. The molecule has 1 saturated carbocycles. The molecule has 0 aromatic heterocycles. The molecule has 0 bridgehead atoms. The standard InChI is InChI=1S/C15H27N3/c1-4-17-15(12-16)9-5-7-13(11-15)18-10-6-8-14(18,2)3/h13,17H,4-11H2,1-3H3. The lowest BCUT2D eigenvalue weighted by atomic mass is 9.78. The van der Waals surface area contributed by atoms with Crippen LogP contribution in [0, 0.1) is 11.3 Å². The van der Waals surface area contributed by atoms with Crippen LogP contribution in [0.2, 0.25) is 0 Å². The fourth-order valence-corrected chi connectivity index (χ4v) is 3.96. The van der Waals surface area contributed by atoms with E-state index in [2.05, 4.69) is 37.1 Å². The van der Waals surface area contributed by atoms with Gasteiger partial charge in [0.2, 0.25) is 0 Å². The first-order valence-electron chi connectivity index (χ1n) is 7.46. The summed E-state index contributed by atoms with van der Waals surface area (Å²) in [5, 5.41) is 13.0. The van der Waals surface area contributed by atoms with Gasteiger partial charge in [0.05, 0.1) is 6.07 Å². The highest BCUT2D eigenvalue weighted by Crippen LogP contribution is 2.38. The SMILES string of the molecule is CCNC1(C#N)CCCC(N2CCCC2(C)C)C1. The molecule has 3 heteroatoms. The van der Waals surface area contributed by atoms with Gasteiger partial charge in [0.25, 0.3) is 0 Å². The van der Waals surface area contributed by atoms with Crippen LogP contribution in [0.25, 0.3) is 0 Å². The predicted molar refractivity (Wildman–Crippen MR) is 74.3 cm³/mol. The smallest absolute Gasteiger partial charge is 0.108 e. The van der Waals surface area contributed by atoms with E-state index in [1.165, 1.54) is 32.2 Å². The topological polar surface area (TPSA) is 39.1 Å². The van der Waals surface area contributed by atoms with Gasteiger partial charge in [-0.1, -0.05) is 6.92 Å². The van der Waals surface area contributed by atoms with Crippen molar-refractivity contribution in [2.45, 2.75) is 76.4 Å². The molecule has 0 radical (unpaired) electrons. The molecule has 0 spiro atoms. The van der Waals surface area contributed by atoms with Crippen molar-refractivity contribution >= 4 is 0 Å². The van der Waals surface area contributed by atoms with Crippen LogP contribution < -0.4 is 5.32 Å². The quantitative estimate of drug-likeness (QED) is 0.836. The zero-order chi connectivity index (χ0) is 13.2. The number of nitrogens with zero attached hydrogens (tertiary/aromatic N) is 2. The fraction of sp³-hybridized carbons (Fsp3) is 0.933. The van der Waals surface area contributed by atoms with E-state index >= 15 is 0 Å². The number of nitrogens with one attached hydrogen (secondary N) is 1. The fourth-order valence-electron chi connectivity index (χ4n) is 3.96. The second-order valence-corrected chi connectivity index (χ2v) is 6.58. The van der Waals surface area contributed by atoms with Crippen molar-refractivity contribution in [1.29, 1.82) is 5.26 Å². The molecule has 2 fully saturated rings. The third-order valence-electron chi connectivity index (χ3n) is 4.86. The van der Waals surface area contributed by atoms with Crippen molar-refractivity contribution in [2.24, 2.45) is 0 Å². The Kier molecular flexibility index (Phi) is 3.99. The van der Waals surface area contributed by atoms with Gasteiger partial charge in [0, 0.05) is 11.6 Å². The summed E-state index contributed by atoms with van der Waals surface area (Å²) >= 11 is 0. The van der Waals surface area contributed by atoms with Crippen molar-refractivity contribution in [3.63, 3.8) is 0 Å². The number of hydrogen-bond acceptors (Lipinski definition) is 3. The number of rotatable bonds is 3. The minimum Gasteiger partial charge on any atom is -0.300 e. The Bertz CT molecular complexity index is 327. The van der Waals surface area contributed by atoms with E-state index in [1.807, 2.05) is 0 Å². The Hall–Kier alpha value is -0.590. The molecule has 2 rings (SSSR count). The molecule has 1 aliphatic carbocycles. The number of nitriles is 1. The van der Waals surface area contributed by atoms with Crippen molar-refractivity contribution < 1.29 is 0 Å². The Morgan fingerprint density at radius 3 is 2.67 bits per heavy atom. The Balaban J connectivity index is 2.09. The van der Waals surface area contributed by atoms with Crippen LogP contribution in [0.1, 0.15) is 59.3 Å². The monoisotopic (exact) mass is 249 g/mol. The van der Waals surface area contributed by atoms with Crippen LogP contribution in [0.5, 0.6) is 0 Å². The molecule has 102 valence electrons. The van der Waals surface area contributed by atoms with Crippen molar-refractivity contribution in [2.75, 3.05) is 13.1 Å². The maximum absolute atomic E-state index is 9.53. The summed E-state index contributed by atoms with van der Waals surface area (Å²) in [6.45, 7) is 8.92. The lowest BCUT2D eigenvalue weighted by Gasteiger charge is -2.45. The molecule has 1 saturated heterocycles. The number of likely N-dealkylation sites (tertiary alicyclic amines) is 1. The van der Waals surface area contributed by atoms with E-state index in [1.54, 1.807) is 0 Å². The van der Waals surface area contributed by atoms with E-state index in [0.29, 0.717) is 11.6 Å². The maximum atomic E-state index is 9.53. The van der Waals surface area contributed by atoms with Crippen LogP contribution in [0.15, 0.2) is 0 Å². The first-order chi connectivity index (χ1) is 8.53. The maximum Gasteiger partial charge on any atom is 0.108 e. The van der Waals surface area contributed by atoms with E-state index < -0.39 is 0 Å². The van der Waals surface area contributed by atoms with Crippen molar-refractivity contribution in [1.82, 2.24) is 10.2 Å². The van der Waals surface area contributed by atoms with Crippen LogP contribution in [0.4, 0.5) is 0 Å². The average Bonchev–Trinajstić information content (AvgIpc) is 2.70. The van der Waals surface area contributed by atoms with Crippen LogP contribution in [0.3, 0.4) is 0 Å². The highest BCUT2D eigenvalue weighted by Gasteiger charge is 2.43. The lowest BCUT2D eigenvalue weighted by molar-refractivity contribution is 0.0679. The normalized spacial score (nSPS) is 36.4. The summed E-state index contributed by atoms with van der Waals surface area (Å²) in [6.07, 6.45) is 7.06. The number of hydrogen-bond donors (Lipinski definition) is 1. The first-order valence-corrected chi connectivity index (χ1v) is 7.46. The molecule has 1 N–H and O–H groups in total. The van der Waals surface area contributed by atoms with Gasteiger partial charge in [0.1, 0.15) is 5.54 Å². The zero-order valence-corrected chi connectivity index (χ0v) is 12.1. The molecule has 1 heterocycles. The van der Waals surface area contributed by atoms with Gasteiger partial charge in [-0.25, -0.2) is 0 Å². The summed E-state index contributed by atoms with van der Waals surface area (Å²) in [7, 11) is 0.